The molecule has 0 spiro atoms. The Bertz CT molecular complexity index is 1210. The van der Waals surface area contributed by atoms with Gasteiger partial charge in [-0.25, -0.2) is 4.98 Å². The second-order valence-electron chi connectivity index (χ2n) is 6.87. The van der Waals surface area contributed by atoms with Crippen LogP contribution < -0.4 is 4.90 Å². The fourth-order valence-electron chi connectivity index (χ4n) is 3.76. The van der Waals surface area contributed by atoms with E-state index in [1.54, 1.807) is 17.0 Å². The van der Waals surface area contributed by atoms with E-state index in [4.69, 9.17) is 17.0 Å². The zero-order valence-corrected chi connectivity index (χ0v) is 16.1. The number of halogens is 1. The van der Waals surface area contributed by atoms with Gasteiger partial charge in [-0.3, -0.25) is 5.41 Å². The molecule has 0 unspecified atom stereocenters. The first-order valence-electron chi connectivity index (χ1n) is 9.20. The van der Waals surface area contributed by atoms with Gasteiger partial charge in [-0.05, 0) is 42.0 Å². The van der Waals surface area contributed by atoms with Crippen LogP contribution in [-0.2, 0) is 0 Å². The van der Waals surface area contributed by atoms with Crippen molar-refractivity contribution < 1.29 is 5.11 Å². The molecule has 5 rings (SSSR count). The third kappa shape index (κ3) is 2.87. The lowest BCUT2D eigenvalue weighted by atomic mass is 10.0. The fourth-order valence-corrected chi connectivity index (χ4v) is 3.88. The Kier molecular flexibility index (Phi) is 4.11. The summed E-state index contributed by atoms with van der Waals surface area (Å²) in [5, 5.41) is 20.8. The van der Waals surface area contributed by atoms with Crippen LogP contribution in [0.4, 0.5) is 5.69 Å². The Labute approximate surface area is 172 Å². The van der Waals surface area contributed by atoms with E-state index in [2.05, 4.69) is 9.97 Å². The number of benzene rings is 3. The molecule has 2 heterocycles. The Balaban J connectivity index is 1.69. The molecule has 1 aliphatic rings. The number of hydrogen-bond donors (Lipinski definition) is 3. The highest BCUT2D eigenvalue weighted by Gasteiger charge is 2.40. The van der Waals surface area contributed by atoms with Crippen LogP contribution in [0.3, 0.4) is 0 Å². The Morgan fingerprint density at radius 2 is 1.62 bits per heavy atom. The number of amidine groups is 1. The van der Waals surface area contributed by atoms with Gasteiger partial charge in [0.15, 0.2) is 0 Å². The van der Waals surface area contributed by atoms with Crippen molar-refractivity contribution in [2.24, 2.45) is 0 Å². The predicted octanol–water partition coefficient (Wildman–Crippen LogP) is 5.72. The molecule has 0 saturated heterocycles. The number of fused-ring (bicyclic) bond motifs is 1. The van der Waals surface area contributed by atoms with Gasteiger partial charge in [0.25, 0.3) is 0 Å². The molecule has 6 heteroatoms. The number of anilines is 1. The molecule has 0 aliphatic carbocycles. The predicted molar refractivity (Wildman–Crippen MR) is 116 cm³/mol. The van der Waals surface area contributed by atoms with Gasteiger partial charge in [0.05, 0.1) is 16.6 Å². The maximum Gasteiger partial charge on any atom is 0.145 e. The molecular formula is C23H17ClN4O. The largest absolute Gasteiger partial charge is 0.509 e. The van der Waals surface area contributed by atoms with Crippen molar-refractivity contribution >= 4 is 39.7 Å². The highest BCUT2D eigenvalue weighted by molar-refractivity contribution is 6.32. The molecule has 1 atom stereocenters. The number of imidazole rings is 1. The molecular weight excluding hydrogens is 384 g/mol. The van der Waals surface area contributed by atoms with Crippen LogP contribution in [0.1, 0.15) is 17.4 Å². The molecule has 1 aromatic heterocycles. The van der Waals surface area contributed by atoms with E-state index in [0.717, 1.165) is 22.3 Å². The monoisotopic (exact) mass is 400 g/mol. The summed E-state index contributed by atoms with van der Waals surface area (Å²) < 4.78 is 0. The van der Waals surface area contributed by atoms with Gasteiger partial charge in [-0.2, -0.15) is 0 Å². The van der Waals surface area contributed by atoms with Gasteiger partial charge >= 0.3 is 0 Å². The number of aromatic nitrogens is 2. The van der Waals surface area contributed by atoms with E-state index in [1.165, 1.54) is 0 Å². The third-order valence-corrected chi connectivity index (χ3v) is 5.35. The van der Waals surface area contributed by atoms with Gasteiger partial charge in [0.1, 0.15) is 23.5 Å². The number of H-pyrrole nitrogens is 1. The molecule has 3 N–H and O–H groups in total. The lowest BCUT2D eigenvalue weighted by Crippen LogP contribution is -2.29. The van der Waals surface area contributed by atoms with Crippen molar-refractivity contribution in [3.05, 3.63) is 101 Å². The zero-order valence-electron chi connectivity index (χ0n) is 15.3. The van der Waals surface area contributed by atoms with Crippen molar-refractivity contribution in [2.45, 2.75) is 6.04 Å². The van der Waals surface area contributed by atoms with Crippen LogP contribution >= 0.6 is 11.6 Å². The zero-order chi connectivity index (χ0) is 20.0. The number of hydrogen-bond acceptors (Lipinski definition) is 3. The molecule has 0 amide bonds. The average Bonchev–Trinajstić information content (AvgIpc) is 3.27. The smallest absolute Gasteiger partial charge is 0.145 e. The summed E-state index contributed by atoms with van der Waals surface area (Å²) in [6, 6.07) is 24.1. The second-order valence-corrected chi connectivity index (χ2v) is 7.31. The number of aromatic amines is 1. The standard InChI is InChI=1S/C23H17ClN4O/c24-15-10-12-16(13-11-15)28-20(14-6-2-1-3-7-14)21(29)19(22(28)25)23-26-17-8-4-5-9-18(17)27-23/h1-13,20,25,29H,(H,26,27)/t20-/m0/s1. The van der Waals surface area contributed by atoms with Gasteiger partial charge in [0.2, 0.25) is 0 Å². The van der Waals surface area contributed by atoms with E-state index >= 15 is 0 Å². The number of rotatable bonds is 3. The van der Waals surface area contributed by atoms with Crippen LogP contribution in [-0.4, -0.2) is 20.9 Å². The van der Waals surface area contributed by atoms with Gasteiger partial charge in [-0.15, -0.1) is 0 Å². The average molecular weight is 401 g/mol. The number of nitrogens with zero attached hydrogens (tertiary/aromatic N) is 2. The minimum atomic E-state index is -0.520. The lowest BCUT2D eigenvalue weighted by Gasteiger charge is -2.27. The summed E-state index contributed by atoms with van der Waals surface area (Å²) in [6.45, 7) is 0. The molecule has 0 saturated carbocycles. The molecule has 5 nitrogen and oxygen atoms in total. The Hall–Kier alpha value is -3.57. The first-order chi connectivity index (χ1) is 14.1. The second kappa shape index (κ2) is 6.79. The maximum atomic E-state index is 11.2. The number of para-hydroxylation sites is 2. The van der Waals surface area contributed by atoms with Crippen LogP contribution in [0, 0.1) is 5.41 Å². The topological polar surface area (TPSA) is 76.0 Å². The van der Waals surface area contributed by atoms with Crippen LogP contribution in [0.15, 0.2) is 84.6 Å². The molecule has 0 fully saturated rings. The van der Waals surface area contributed by atoms with E-state index in [-0.39, 0.29) is 11.6 Å². The summed E-state index contributed by atoms with van der Waals surface area (Å²) in [5.41, 5.74) is 3.69. The quantitative estimate of drug-likeness (QED) is 0.411. The van der Waals surface area contributed by atoms with E-state index in [1.807, 2.05) is 66.7 Å². The normalized spacial score (nSPS) is 16.8. The fraction of sp³-hybridized carbons (Fsp3) is 0.0435. The number of aliphatic hydroxyl groups excluding tert-OH is 1. The van der Waals surface area contributed by atoms with Crippen molar-refractivity contribution in [3.8, 4) is 0 Å². The third-order valence-electron chi connectivity index (χ3n) is 5.10. The summed E-state index contributed by atoms with van der Waals surface area (Å²) >= 11 is 6.06. The molecule has 29 heavy (non-hydrogen) atoms. The maximum absolute atomic E-state index is 11.2. The minimum Gasteiger partial charge on any atom is -0.509 e. The first-order valence-corrected chi connectivity index (χ1v) is 9.58. The van der Waals surface area contributed by atoms with E-state index in [9.17, 15) is 5.11 Å². The Morgan fingerprint density at radius 3 is 2.34 bits per heavy atom. The van der Waals surface area contributed by atoms with Crippen LogP contribution in [0.25, 0.3) is 16.6 Å². The summed E-state index contributed by atoms with van der Waals surface area (Å²) in [5.74, 6) is 0.749. The van der Waals surface area contributed by atoms with E-state index in [0.29, 0.717) is 16.4 Å². The number of nitrogens with one attached hydrogen (secondary N) is 2. The van der Waals surface area contributed by atoms with Crippen molar-refractivity contribution in [1.29, 1.82) is 5.41 Å². The van der Waals surface area contributed by atoms with Crippen LogP contribution in [0.2, 0.25) is 5.02 Å². The van der Waals surface area contributed by atoms with E-state index < -0.39 is 6.04 Å². The van der Waals surface area contributed by atoms with Gasteiger partial charge < -0.3 is 15.0 Å². The van der Waals surface area contributed by atoms with Gasteiger partial charge in [0, 0.05) is 10.7 Å². The van der Waals surface area contributed by atoms with Gasteiger partial charge in [-0.1, -0.05) is 54.1 Å². The first kappa shape index (κ1) is 17.5. The van der Waals surface area contributed by atoms with Crippen molar-refractivity contribution in [1.82, 2.24) is 9.97 Å². The SMILES string of the molecule is N=C1C(c2nc3ccccc3[nH]2)=C(O)[C@H](c2ccccc2)N1c1ccc(Cl)cc1. The Morgan fingerprint density at radius 1 is 0.931 bits per heavy atom. The molecule has 0 bridgehead atoms. The lowest BCUT2D eigenvalue weighted by molar-refractivity contribution is 0.379. The van der Waals surface area contributed by atoms with Crippen molar-refractivity contribution in [2.75, 3.05) is 4.90 Å². The number of aliphatic hydroxyl groups is 1. The highest BCUT2D eigenvalue weighted by atomic mass is 35.5. The summed E-state index contributed by atoms with van der Waals surface area (Å²) in [4.78, 5) is 9.63. The highest BCUT2D eigenvalue weighted by Crippen LogP contribution is 2.43. The molecule has 1 aliphatic heterocycles. The molecule has 4 aromatic rings. The minimum absolute atomic E-state index is 0.0928. The molecule has 0 radical (unpaired) electrons. The van der Waals surface area contributed by atoms with Crippen LogP contribution in [0.5, 0.6) is 0 Å². The van der Waals surface area contributed by atoms with Crippen molar-refractivity contribution in [3.63, 3.8) is 0 Å². The summed E-state index contributed by atoms with van der Waals surface area (Å²) in [6.07, 6.45) is 0. The summed E-state index contributed by atoms with van der Waals surface area (Å²) in [7, 11) is 0. The molecule has 3 aromatic carbocycles. The molecule has 142 valence electrons.